The minimum absolute atomic E-state index is 0.0577. The lowest BCUT2D eigenvalue weighted by molar-refractivity contribution is -0.119. The Kier molecular flexibility index (Phi) is 6.60. The summed E-state index contributed by atoms with van der Waals surface area (Å²) in [4.78, 5) is 21.2. The Labute approximate surface area is 189 Å². The number of amides is 1. The Morgan fingerprint density at radius 1 is 1.22 bits per heavy atom. The average molecular weight is 450 g/mol. The summed E-state index contributed by atoms with van der Waals surface area (Å²) in [6, 6.07) is 11.3. The van der Waals surface area contributed by atoms with Gasteiger partial charge in [-0.2, -0.15) is 4.98 Å². The number of rotatable bonds is 8. The van der Waals surface area contributed by atoms with Gasteiger partial charge >= 0.3 is 0 Å². The van der Waals surface area contributed by atoms with E-state index in [9.17, 15) is 4.79 Å². The summed E-state index contributed by atoms with van der Waals surface area (Å²) in [5.41, 5.74) is 2.86. The predicted molar refractivity (Wildman–Crippen MR) is 120 cm³/mol. The van der Waals surface area contributed by atoms with Crippen molar-refractivity contribution in [2.24, 2.45) is 5.92 Å². The Balaban J connectivity index is 1.41. The van der Waals surface area contributed by atoms with E-state index < -0.39 is 6.04 Å². The maximum atomic E-state index is 12.7. The maximum absolute atomic E-state index is 12.7. The van der Waals surface area contributed by atoms with Crippen molar-refractivity contribution in [2.45, 2.75) is 32.0 Å². The van der Waals surface area contributed by atoms with Crippen molar-refractivity contribution >= 4 is 17.7 Å². The zero-order valence-corrected chi connectivity index (χ0v) is 18.8. The third-order valence-corrected chi connectivity index (χ3v) is 5.71. The molecule has 0 fully saturated rings. The molecule has 164 valence electrons. The molecule has 1 N–H and O–H groups in total. The molecule has 4 rings (SSSR count). The van der Waals surface area contributed by atoms with Crippen LogP contribution in [-0.4, -0.2) is 41.5 Å². The number of pyridine rings is 1. The van der Waals surface area contributed by atoms with E-state index in [0.717, 1.165) is 11.3 Å². The summed E-state index contributed by atoms with van der Waals surface area (Å²) in [7, 11) is 0. The van der Waals surface area contributed by atoms with Crippen molar-refractivity contribution < 1.29 is 9.32 Å². The highest BCUT2D eigenvalue weighted by Gasteiger charge is 2.25. The Morgan fingerprint density at radius 2 is 2.03 bits per heavy atom. The molecule has 0 aliphatic carbocycles. The normalized spacial score (nSPS) is 12.1. The van der Waals surface area contributed by atoms with Crippen molar-refractivity contribution in [1.29, 1.82) is 0 Å². The molecule has 0 saturated carbocycles. The molecule has 1 atom stereocenters. The first-order chi connectivity index (χ1) is 15.5. The number of nitrogens with zero attached hydrogens (tertiary/aromatic N) is 6. The molecule has 1 amide bonds. The van der Waals surface area contributed by atoms with Gasteiger partial charge in [-0.15, -0.1) is 10.2 Å². The fourth-order valence-electron chi connectivity index (χ4n) is 3.04. The third-order valence-electron chi connectivity index (χ3n) is 4.77. The molecule has 3 heterocycles. The van der Waals surface area contributed by atoms with E-state index >= 15 is 0 Å². The van der Waals surface area contributed by atoms with E-state index in [0.29, 0.717) is 16.9 Å². The fourth-order valence-corrected chi connectivity index (χ4v) is 3.78. The smallest absolute Gasteiger partial charge is 0.249 e. The third kappa shape index (κ3) is 5.02. The molecule has 9 nitrogen and oxygen atoms in total. The zero-order valence-electron chi connectivity index (χ0n) is 18.0. The van der Waals surface area contributed by atoms with Gasteiger partial charge in [-0.25, -0.2) is 0 Å². The predicted octanol–water partition coefficient (Wildman–Crippen LogP) is 3.63. The second kappa shape index (κ2) is 9.73. The van der Waals surface area contributed by atoms with E-state index in [1.807, 2.05) is 55.7 Å². The van der Waals surface area contributed by atoms with Crippen LogP contribution in [-0.2, 0) is 4.79 Å². The molecular formula is C22H23N7O2S. The highest BCUT2D eigenvalue weighted by Crippen LogP contribution is 2.24. The van der Waals surface area contributed by atoms with Gasteiger partial charge in [0.2, 0.25) is 17.6 Å². The van der Waals surface area contributed by atoms with Gasteiger partial charge in [0.05, 0.1) is 5.75 Å². The van der Waals surface area contributed by atoms with Crippen LogP contribution in [0.4, 0.5) is 0 Å². The average Bonchev–Trinajstić information content (AvgIpc) is 3.47. The van der Waals surface area contributed by atoms with Crippen molar-refractivity contribution in [3.8, 4) is 17.1 Å². The van der Waals surface area contributed by atoms with Crippen molar-refractivity contribution in [3.63, 3.8) is 0 Å². The molecule has 10 heteroatoms. The van der Waals surface area contributed by atoms with Gasteiger partial charge < -0.3 is 9.84 Å². The number of aryl methyl sites for hydroxylation is 1. The minimum atomic E-state index is -0.406. The lowest BCUT2D eigenvalue weighted by Crippen LogP contribution is -2.33. The number of thioether (sulfide) groups is 1. The maximum Gasteiger partial charge on any atom is 0.249 e. The highest BCUT2D eigenvalue weighted by atomic mass is 32.2. The molecule has 3 aromatic heterocycles. The number of hydrogen-bond donors (Lipinski definition) is 1. The van der Waals surface area contributed by atoms with Gasteiger partial charge in [-0.3, -0.25) is 14.3 Å². The molecule has 1 unspecified atom stereocenters. The van der Waals surface area contributed by atoms with Crippen LogP contribution in [0.2, 0.25) is 0 Å². The van der Waals surface area contributed by atoms with E-state index in [4.69, 9.17) is 4.52 Å². The standard InChI is InChI=1S/C22H23N7O2S/c1-14(2)19(21-26-20(28-31-21)16-5-4-10-23-11-16)25-18(30)12-32-22-27-24-13-29(22)17-8-6-15(3)7-9-17/h4-11,13-14,19H,12H2,1-3H3,(H,25,30). The molecule has 32 heavy (non-hydrogen) atoms. The van der Waals surface area contributed by atoms with Gasteiger partial charge in [0.15, 0.2) is 5.16 Å². The lowest BCUT2D eigenvalue weighted by Gasteiger charge is -2.18. The summed E-state index contributed by atoms with van der Waals surface area (Å²) >= 11 is 1.31. The van der Waals surface area contributed by atoms with Crippen LogP contribution in [0.15, 0.2) is 64.8 Å². The number of benzene rings is 1. The molecule has 0 aliphatic rings. The van der Waals surface area contributed by atoms with Gasteiger partial charge in [0.1, 0.15) is 12.4 Å². The van der Waals surface area contributed by atoms with Crippen molar-refractivity contribution in [1.82, 2.24) is 35.2 Å². The van der Waals surface area contributed by atoms with E-state index in [-0.39, 0.29) is 17.6 Å². The molecule has 0 spiro atoms. The van der Waals surface area contributed by atoms with E-state index in [1.165, 1.54) is 17.3 Å². The monoisotopic (exact) mass is 449 g/mol. The number of aromatic nitrogens is 6. The topological polar surface area (TPSA) is 112 Å². The van der Waals surface area contributed by atoms with Crippen molar-refractivity contribution in [2.75, 3.05) is 5.75 Å². The molecular weight excluding hydrogens is 426 g/mol. The summed E-state index contributed by atoms with van der Waals surface area (Å²) in [6.07, 6.45) is 4.98. The van der Waals surface area contributed by atoms with Crippen LogP contribution < -0.4 is 5.32 Å². The first-order valence-corrected chi connectivity index (χ1v) is 11.1. The number of carbonyl (C=O) groups excluding carboxylic acids is 1. The first kappa shape index (κ1) is 21.7. The summed E-state index contributed by atoms with van der Waals surface area (Å²) in [6.45, 7) is 6.00. The van der Waals surface area contributed by atoms with Gasteiger partial charge in [-0.1, -0.05) is 48.5 Å². The van der Waals surface area contributed by atoms with Crippen LogP contribution in [0.1, 0.15) is 31.3 Å². The van der Waals surface area contributed by atoms with E-state index in [2.05, 4.69) is 30.6 Å². The number of hydrogen-bond acceptors (Lipinski definition) is 8. The Morgan fingerprint density at radius 3 is 2.75 bits per heavy atom. The van der Waals surface area contributed by atoms with Gasteiger partial charge in [0.25, 0.3) is 0 Å². The molecule has 0 radical (unpaired) electrons. The Hall–Kier alpha value is -3.53. The first-order valence-electron chi connectivity index (χ1n) is 10.1. The quantitative estimate of drug-likeness (QED) is 0.406. The number of nitrogens with one attached hydrogen (secondary N) is 1. The highest BCUT2D eigenvalue weighted by molar-refractivity contribution is 7.99. The van der Waals surface area contributed by atoms with Crippen LogP contribution in [0, 0.1) is 12.8 Å². The number of carbonyl (C=O) groups is 1. The summed E-state index contributed by atoms with van der Waals surface area (Å²) < 4.78 is 7.30. The van der Waals surface area contributed by atoms with Gasteiger partial charge in [0, 0.05) is 23.6 Å². The molecule has 1 aromatic carbocycles. The Bertz CT molecular complexity index is 1170. The van der Waals surface area contributed by atoms with Crippen LogP contribution in [0.25, 0.3) is 17.1 Å². The van der Waals surface area contributed by atoms with E-state index in [1.54, 1.807) is 24.8 Å². The molecule has 0 aliphatic heterocycles. The lowest BCUT2D eigenvalue weighted by atomic mass is 10.0. The van der Waals surface area contributed by atoms with Crippen LogP contribution in [0.5, 0.6) is 0 Å². The minimum Gasteiger partial charge on any atom is -0.343 e. The fraction of sp³-hybridized carbons (Fsp3) is 0.273. The van der Waals surface area contributed by atoms with Crippen LogP contribution in [0.3, 0.4) is 0 Å². The summed E-state index contributed by atoms with van der Waals surface area (Å²) in [5.74, 6) is 0.876. The SMILES string of the molecule is Cc1ccc(-n2cnnc2SCC(=O)NC(c2nc(-c3cccnc3)no2)C(C)C)cc1. The molecule has 0 bridgehead atoms. The van der Waals surface area contributed by atoms with Crippen molar-refractivity contribution in [3.05, 3.63) is 66.6 Å². The second-order valence-electron chi connectivity index (χ2n) is 7.59. The zero-order chi connectivity index (χ0) is 22.5. The second-order valence-corrected chi connectivity index (χ2v) is 8.54. The van der Waals surface area contributed by atoms with Crippen LogP contribution >= 0.6 is 11.8 Å². The summed E-state index contributed by atoms with van der Waals surface area (Å²) in [5, 5.41) is 15.8. The largest absolute Gasteiger partial charge is 0.343 e. The van der Waals surface area contributed by atoms with Gasteiger partial charge in [-0.05, 0) is 37.1 Å². The molecule has 0 saturated heterocycles. The molecule has 4 aromatic rings.